The number of carboxylic acids is 1. The van der Waals surface area contributed by atoms with Gasteiger partial charge in [0.05, 0.1) is 12.2 Å². The van der Waals surface area contributed by atoms with Gasteiger partial charge in [0.25, 0.3) is 0 Å². The first kappa shape index (κ1) is 18.2. The molecule has 4 unspecified atom stereocenters. The SMILES string of the molecule is CCC(O)C=CC1CCC(O)C1CCCCCCC(=O)O. The zero-order valence-electron chi connectivity index (χ0n) is 13.1. The predicted octanol–water partition coefficient (Wildman–Crippen LogP) is 3.13. The summed E-state index contributed by atoms with van der Waals surface area (Å²) in [5, 5.41) is 28.2. The van der Waals surface area contributed by atoms with Crippen molar-refractivity contribution in [2.45, 2.75) is 76.9 Å². The van der Waals surface area contributed by atoms with Crippen LogP contribution < -0.4 is 0 Å². The fourth-order valence-electron chi connectivity index (χ4n) is 3.14. The van der Waals surface area contributed by atoms with Crippen molar-refractivity contribution in [3.8, 4) is 0 Å². The number of aliphatic hydroxyl groups is 2. The van der Waals surface area contributed by atoms with Crippen molar-refractivity contribution in [3.63, 3.8) is 0 Å². The Morgan fingerprint density at radius 2 is 1.95 bits per heavy atom. The van der Waals surface area contributed by atoms with Crippen LogP contribution in [0.3, 0.4) is 0 Å². The molecule has 122 valence electrons. The summed E-state index contributed by atoms with van der Waals surface area (Å²) in [6.45, 7) is 1.95. The highest BCUT2D eigenvalue weighted by Crippen LogP contribution is 2.36. The van der Waals surface area contributed by atoms with E-state index in [0.717, 1.165) is 51.4 Å². The number of carbonyl (C=O) groups is 1. The van der Waals surface area contributed by atoms with Gasteiger partial charge in [0, 0.05) is 6.42 Å². The number of rotatable bonds is 10. The largest absolute Gasteiger partial charge is 0.481 e. The lowest BCUT2D eigenvalue weighted by atomic mass is 9.88. The van der Waals surface area contributed by atoms with E-state index in [2.05, 4.69) is 6.08 Å². The van der Waals surface area contributed by atoms with Crippen LogP contribution in [0.5, 0.6) is 0 Å². The molecule has 0 heterocycles. The first-order chi connectivity index (χ1) is 10.0. The molecule has 3 N–H and O–H groups in total. The van der Waals surface area contributed by atoms with Gasteiger partial charge >= 0.3 is 5.97 Å². The van der Waals surface area contributed by atoms with E-state index in [0.29, 0.717) is 11.8 Å². The molecule has 4 nitrogen and oxygen atoms in total. The highest BCUT2D eigenvalue weighted by molar-refractivity contribution is 5.66. The predicted molar refractivity (Wildman–Crippen MR) is 83.0 cm³/mol. The monoisotopic (exact) mass is 298 g/mol. The second kappa shape index (κ2) is 9.96. The van der Waals surface area contributed by atoms with E-state index in [4.69, 9.17) is 5.11 Å². The van der Waals surface area contributed by atoms with E-state index in [1.54, 1.807) is 0 Å². The van der Waals surface area contributed by atoms with Crippen molar-refractivity contribution in [1.29, 1.82) is 0 Å². The lowest BCUT2D eigenvalue weighted by molar-refractivity contribution is -0.137. The van der Waals surface area contributed by atoms with Crippen LogP contribution in [-0.4, -0.2) is 33.5 Å². The maximum Gasteiger partial charge on any atom is 0.303 e. The van der Waals surface area contributed by atoms with Crippen LogP contribution in [0.2, 0.25) is 0 Å². The Morgan fingerprint density at radius 3 is 2.62 bits per heavy atom. The fraction of sp³-hybridized carbons (Fsp3) is 0.824. The maximum absolute atomic E-state index is 10.4. The molecule has 1 rings (SSSR count). The standard InChI is InChI=1S/C17H30O4/c1-2-14(18)11-9-13-10-12-16(19)15(13)7-5-3-4-6-8-17(20)21/h9,11,13-16,18-19H,2-8,10,12H2,1H3,(H,20,21). The highest BCUT2D eigenvalue weighted by Gasteiger charge is 2.32. The minimum atomic E-state index is -0.721. The number of aliphatic hydroxyl groups excluding tert-OH is 2. The van der Waals surface area contributed by atoms with Gasteiger partial charge in [-0.3, -0.25) is 4.79 Å². The van der Waals surface area contributed by atoms with Gasteiger partial charge in [0.15, 0.2) is 0 Å². The number of hydrogen-bond donors (Lipinski definition) is 3. The van der Waals surface area contributed by atoms with Gasteiger partial charge < -0.3 is 15.3 Å². The van der Waals surface area contributed by atoms with Gasteiger partial charge in [-0.15, -0.1) is 0 Å². The molecule has 0 spiro atoms. The summed E-state index contributed by atoms with van der Waals surface area (Å²) in [7, 11) is 0. The van der Waals surface area contributed by atoms with E-state index in [-0.39, 0.29) is 18.6 Å². The molecule has 0 bridgehead atoms. The van der Waals surface area contributed by atoms with Gasteiger partial charge in [0.1, 0.15) is 0 Å². The Morgan fingerprint density at radius 1 is 1.24 bits per heavy atom. The molecule has 0 radical (unpaired) electrons. The van der Waals surface area contributed by atoms with Gasteiger partial charge in [-0.1, -0.05) is 38.3 Å². The Bertz CT molecular complexity index is 327. The average Bonchev–Trinajstić information content (AvgIpc) is 2.80. The number of unbranched alkanes of at least 4 members (excludes halogenated alkanes) is 3. The Hall–Kier alpha value is -0.870. The highest BCUT2D eigenvalue weighted by atomic mass is 16.4. The number of carboxylic acid groups (broad SMARTS) is 1. The van der Waals surface area contributed by atoms with Crippen molar-refractivity contribution in [2.75, 3.05) is 0 Å². The first-order valence-corrected chi connectivity index (χ1v) is 8.30. The van der Waals surface area contributed by atoms with Crippen molar-refractivity contribution in [2.24, 2.45) is 11.8 Å². The third-order valence-corrected chi connectivity index (χ3v) is 4.52. The minimum absolute atomic E-state index is 0.225. The van der Waals surface area contributed by atoms with Gasteiger partial charge in [-0.25, -0.2) is 0 Å². The fourth-order valence-corrected chi connectivity index (χ4v) is 3.14. The van der Waals surface area contributed by atoms with Crippen LogP contribution in [0.15, 0.2) is 12.2 Å². The molecule has 0 aromatic carbocycles. The van der Waals surface area contributed by atoms with E-state index < -0.39 is 5.97 Å². The van der Waals surface area contributed by atoms with Crippen molar-refractivity contribution >= 4 is 5.97 Å². The van der Waals surface area contributed by atoms with E-state index in [1.165, 1.54) is 0 Å². The van der Waals surface area contributed by atoms with Crippen LogP contribution in [0.25, 0.3) is 0 Å². The molecule has 1 aliphatic rings. The molecule has 1 aliphatic carbocycles. The van der Waals surface area contributed by atoms with Crippen LogP contribution in [0.4, 0.5) is 0 Å². The zero-order valence-corrected chi connectivity index (χ0v) is 13.1. The van der Waals surface area contributed by atoms with E-state index in [1.807, 2.05) is 13.0 Å². The summed E-state index contributed by atoms with van der Waals surface area (Å²) < 4.78 is 0. The third-order valence-electron chi connectivity index (χ3n) is 4.52. The summed E-state index contributed by atoms with van der Waals surface area (Å²) in [5.41, 5.74) is 0. The Labute approximate surface area is 127 Å². The molecular formula is C17H30O4. The molecule has 21 heavy (non-hydrogen) atoms. The topological polar surface area (TPSA) is 77.8 Å². The van der Waals surface area contributed by atoms with Crippen LogP contribution in [-0.2, 0) is 4.79 Å². The lowest BCUT2D eigenvalue weighted by Crippen LogP contribution is -2.18. The quantitative estimate of drug-likeness (QED) is 0.428. The molecule has 4 atom stereocenters. The van der Waals surface area contributed by atoms with Crippen molar-refractivity contribution in [3.05, 3.63) is 12.2 Å². The number of allylic oxidation sites excluding steroid dienone is 1. The lowest BCUT2D eigenvalue weighted by Gasteiger charge is -2.20. The van der Waals surface area contributed by atoms with Gasteiger partial charge in [0.2, 0.25) is 0 Å². The maximum atomic E-state index is 10.4. The summed E-state index contributed by atoms with van der Waals surface area (Å²) in [6.07, 6.45) is 10.9. The molecule has 1 saturated carbocycles. The Balaban J connectivity index is 2.26. The minimum Gasteiger partial charge on any atom is -0.481 e. The van der Waals surface area contributed by atoms with Crippen LogP contribution in [0.1, 0.15) is 64.7 Å². The van der Waals surface area contributed by atoms with E-state index >= 15 is 0 Å². The Kier molecular flexibility index (Phi) is 8.62. The zero-order chi connectivity index (χ0) is 15.7. The average molecular weight is 298 g/mol. The van der Waals surface area contributed by atoms with Gasteiger partial charge in [-0.2, -0.15) is 0 Å². The summed E-state index contributed by atoms with van der Waals surface area (Å²) in [4.78, 5) is 10.4. The molecule has 0 aromatic rings. The summed E-state index contributed by atoms with van der Waals surface area (Å²) >= 11 is 0. The molecule has 1 fully saturated rings. The van der Waals surface area contributed by atoms with E-state index in [9.17, 15) is 15.0 Å². The molecule has 0 aromatic heterocycles. The normalized spacial score (nSPS) is 27.3. The second-order valence-electron chi connectivity index (χ2n) is 6.18. The number of aliphatic carboxylic acids is 1. The van der Waals surface area contributed by atoms with Crippen molar-refractivity contribution in [1.82, 2.24) is 0 Å². The molecule has 0 aliphatic heterocycles. The van der Waals surface area contributed by atoms with Crippen LogP contribution >= 0.6 is 0 Å². The molecule has 0 amide bonds. The van der Waals surface area contributed by atoms with Crippen LogP contribution in [0, 0.1) is 11.8 Å². The molecule has 0 saturated heterocycles. The van der Waals surface area contributed by atoms with Crippen molar-refractivity contribution < 1.29 is 20.1 Å². The second-order valence-corrected chi connectivity index (χ2v) is 6.18. The molecule has 4 heteroatoms. The van der Waals surface area contributed by atoms with Gasteiger partial charge in [-0.05, 0) is 43.9 Å². The summed E-state index contributed by atoms with van der Waals surface area (Å²) in [6, 6.07) is 0. The number of hydrogen-bond acceptors (Lipinski definition) is 3. The molecular weight excluding hydrogens is 268 g/mol. The summed E-state index contributed by atoms with van der Waals surface area (Å²) in [5.74, 6) is -0.0501. The third kappa shape index (κ3) is 7.09. The first-order valence-electron chi connectivity index (χ1n) is 8.30. The smallest absolute Gasteiger partial charge is 0.303 e.